The molecule has 4 nitrogen and oxygen atoms in total. The van der Waals surface area contributed by atoms with Crippen LogP contribution in [0.4, 0.5) is 10.8 Å². The molecule has 0 amide bonds. The maximum Gasteiger partial charge on any atom is 0.199 e. The molecule has 1 aromatic carbocycles. The van der Waals surface area contributed by atoms with Crippen LogP contribution in [-0.4, -0.2) is 36.8 Å². The number of allylic oxidation sites excluding steroid dienone is 1. The predicted octanol–water partition coefficient (Wildman–Crippen LogP) is 4.13. The lowest BCUT2D eigenvalue weighted by Gasteiger charge is -2.15. The third-order valence-electron chi connectivity index (χ3n) is 3.03. The van der Waals surface area contributed by atoms with Crippen molar-refractivity contribution in [2.45, 2.75) is 6.92 Å². The van der Waals surface area contributed by atoms with Gasteiger partial charge in [0, 0.05) is 44.1 Å². The van der Waals surface area contributed by atoms with Gasteiger partial charge in [-0.2, -0.15) is 0 Å². The minimum atomic E-state index is -0.0283. The molecule has 22 heavy (non-hydrogen) atoms. The number of anilines is 2. The van der Waals surface area contributed by atoms with E-state index in [0.29, 0.717) is 9.90 Å². The first-order chi connectivity index (χ1) is 10.4. The van der Waals surface area contributed by atoms with Crippen LogP contribution >= 0.6 is 22.9 Å². The minimum absolute atomic E-state index is 0.0283. The Balaban J connectivity index is 2.25. The highest BCUT2D eigenvalue weighted by molar-refractivity contribution is 7.17. The molecule has 1 aromatic heterocycles. The topological polar surface area (TPSA) is 36.4 Å². The summed E-state index contributed by atoms with van der Waals surface area (Å²) in [6.45, 7) is 1.85. The lowest BCUT2D eigenvalue weighted by molar-refractivity contribution is 0.104. The van der Waals surface area contributed by atoms with Gasteiger partial charge in [0.25, 0.3) is 0 Å². The van der Waals surface area contributed by atoms with Crippen molar-refractivity contribution in [2.24, 2.45) is 0 Å². The number of carbonyl (C=O) groups is 1. The summed E-state index contributed by atoms with van der Waals surface area (Å²) in [5, 5.41) is 1.47. The van der Waals surface area contributed by atoms with Crippen LogP contribution in [0.15, 0.2) is 36.5 Å². The Kier molecular flexibility index (Phi) is 5.21. The standard InChI is InChI=1S/C16H18ClN3OS/c1-11-15(14(21)9-10-19(2)3)22-16(18-11)20(4)13-7-5-12(17)6-8-13/h5-10H,1-4H3. The van der Waals surface area contributed by atoms with E-state index in [-0.39, 0.29) is 5.78 Å². The van der Waals surface area contributed by atoms with Crippen LogP contribution in [0.3, 0.4) is 0 Å². The first-order valence-electron chi connectivity index (χ1n) is 6.74. The molecule has 0 bridgehead atoms. The molecule has 0 spiro atoms. The highest BCUT2D eigenvalue weighted by atomic mass is 35.5. The average Bonchev–Trinajstić information content (AvgIpc) is 2.87. The Bertz CT molecular complexity index is 692. The highest BCUT2D eigenvalue weighted by Gasteiger charge is 2.16. The van der Waals surface area contributed by atoms with E-state index in [1.807, 2.05) is 62.1 Å². The Morgan fingerprint density at radius 1 is 1.23 bits per heavy atom. The number of rotatable bonds is 5. The van der Waals surface area contributed by atoms with Gasteiger partial charge in [-0.1, -0.05) is 22.9 Å². The molecule has 6 heteroatoms. The molecule has 0 fully saturated rings. The molecule has 0 saturated carbocycles. The first kappa shape index (κ1) is 16.5. The van der Waals surface area contributed by atoms with Crippen molar-refractivity contribution in [2.75, 3.05) is 26.0 Å². The highest BCUT2D eigenvalue weighted by Crippen LogP contribution is 2.31. The molecule has 116 valence electrons. The summed E-state index contributed by atoms with van der Waals surface area (Å²) in [6, 6.07) is 7.51. The first-order valence-corrected chi connectivity index (χ1v) is 7.93. The van der Waals surface area contributed by atoms with E-state index in [2.05, 4.69) is 4.98 Å². The number of ketones is 1. The molecule has 0 saturated heterocycles. The van der Waals surface area contributed by atoms with Gasteiger partial charge in [-0.3, -0.25) is 4.79 Å². The van der Waals surface area contributed by atoms with Crippen molar-refractivity contribution in [1.29, 1.82) is 0 Å². The van der Waals surface area contributed by atoms with Gasteiger partial charge < -0.3 is 9.80 Å². The molecule has 0 atom stereocenters. The molecule has 0 aliphatic rings. The summed E-state index contributed by atoms with van der Waals surface area (Å²) in [5.41, 5.74) is 1.72. The number of hydrogen-bond donors (Lipinski definition) is 0. The van der Waals surface area contributed by atoms with E-state index in [1.54, 1.807) is 12.3 Å². The summed E-state index contributed by atoms with van der Waals surface area (Å²) < 4.78 is 0. The minimum Gasteiger partial charge on any atom is -0.383 e. The monoisotopic (exact) mass is 335 g/mol. The Hall–Kier alpha value is -1.85. The zero-order valence-electron chi connectivity index (χ0n) is 13.0. The van der Waals surface area contributed by atoms with E-state index >= 15 is 0 Å². The zero-order valence-corrected chi connectivity index (χ0v) is 14.6. The normalized spacial score (nSPS) is 11.0. The van der Waals surface area contributed by atoms with E-state index in [9.17, 15) is 4.79 Å². The van der Waals surface area contributed by atoms with Crippen molar-refractivity contribution in [3.8, 4) is 0 Å². The molecular formula is C16H18ClN3OS. The second kappa shape index (κ2) is 6.94. The van der Waals surface area contributed by atoms with Gasteiger partial charge in [-0.25, -0.2) is 4.98 Å². The third kappa shape index (κ3) is 3.87. The van der Waals surface area contributed by atoms with E-state index in [4.69, 9.17) is 11.6 Å². The second-order valence-electron chi connectivity index (χ2n) is 5.09. The van der Waals surface area contributed by atoms with E-state index in [1.165, 1.54) is 11.3 Å². The maximum atomic E-state index is 12.2. The number of nitrogens with zero attached hydrogens (tertiary/aromatic N) is 3. The fraction of sp³-hybridized carbons (Fsp3) is 0.250. The van der Waals surface area contributed by atoms with Crippen LogP contribution in [0.5, 0.6) is 0 Å². The van der Waals surface area contributed by atoms with Crippen molar-refractivity contribution in [1.82, 2.24) is 9.88 Å². The largest absolute Gasteiger partial charge is 0.383 e. The Morgan fingerprint density at radius 3 is 2.45 bits per heavy atom. The van der Waals surface area contributed by atoms with Gasteiger partial charge >= 0.3 is 0 Å². The van der Waals surface area contributed by atoms with E-state index < -0.39 is 0 Å². The SMILES string of the molecule is Cc1nc(N(C)c2ccc(Cl)cc2)sc1C(=O)C=CN(C)C. The van der Waals surface area contributed by atoms with Crippen LogP contribution in [0, 0.1) is 6.92 Å². The van der Waals surface area contributed by atoms with Gasteiger partial charge in [0.1, 0.15) is 0 Å². The lowest BCUT2D eigenvalue weighted by Crippen LogP contribution is -2.08. The number of benzene rings is 1. The number of hydrogen-bond acceptors (Lipinski definition) is 5. The molecule has 0 radical (unpaired) electrons. The summed E-state index contributed by atoms with van der Waals surface area (Å²) in [4.78, 5) is 21.1. The van der Waals surface area contributed by atoms with Gasteiger partial charge in [0.15, 0.2) is 10.9 Å². The molecule has 0 aliphatic heterocycles. The number of aryl methyl sites for hydroxylation is 1. The lowest BCUT2D eigenvalue weighted by atomic mass is 10.3. The van der Waals surface area contributed by atoms with Crippen molar-refractivity contribution >= 4 is 39.5 Å². The zero-order chi connectivity index (χ0) is 16.3. The molecular weight excluding hydrogens is 318 g/mol. The molecule has 2 rings (SSSR count). The smallest absolute Gasteiger partial charge is 0.199 e. The summed E-state index contributed by atoms with van der Waals surface area (Å²) in [7, 11) is 5.68. The Morgan fingerprint density at radius 2 is 1.86 bits per heavy atom. The van der Waals surface area contributed by atoms with Crippen molar-refractivity contribution in [3.05, 3.63) is 52.1 Å². The van der Waals surface area contributed by atoms with Crippen molar-refractivity contribution in [3.63, 3.8) is 0 Å². The summed E-state index contributed by atoms with van der Waals surface area (Å²) in [6.07, 6.45) is 3.30. The average molecular weight is 336 g/mol. The number of thiazole rings is 1. The second-order valence-corrected chi connectivity index (χ2v) is 6.50. The molecule has 1 heterocycles. The fourth-order valence-electron chi connectivity index (χ4n) is 1.82. The number of halogens is 1. The van der Waals surface area contributed by atoms with Crippen LogP contribution in [0.1, 0.15) is 15.4 Å². The van der Waals surface area contributed by atoms with Crippen molar-refractivity contribution < 1.29 is 4.79 Å². The van der Waals surface area contributed by atoms with Gasteiger partial charge in [-0.05, 0) is 31.2 Å². The van der Waals surface area contributed by atoms with Crippen LogP contribution in [0.25, 0.3) is 0 Å². The summed E-state index contributed by atoms with van der Waals surface area (Å²) >= 11 is 7.29. The molecule has 2 aromatic rings. The quantitative estimate of drug-likeness (QED) is 0.608. The molecule has 0 aliphatic carbocycles. The van der Waals surface area contributed by atoms with Crippen LogP contribution in [-0.2, 0) is 0 Å². The fourth-order valence-corrected chi connectivity index (χ4v) is 2.92. The number of carbonyl (C=O) groups excluding carboxylic acids is 1. The Labute approximate surface area is 139 Å². The van der Waals surface area contributed by atoms with Crippen LogP contribution in [0.2, 0.25) is 5.02 Å². The number of aromatic nitrogens is 1. The molecule has 0 unspecified atom stereocenters. The van der Waals surface area contributed by atoms with Gasteiger partial charge in [-0.15, -0.1) is 0 Å². The van der Waals surface area contributed by atoms with E-state index in [0.717, 1.165) is 16.5 Å². The van der Waals surface area contributed by atoms with Gasteiger partial charge in [0.05, 0.1) is 10.6 Å². The van der Waals surface area contributed by atoms with Crippen LogP contribution < -0.4 is 4.90 Å². The predicted molar refractivity (Wildman–Crippen MR) is 93.5 cm³/mol. The third-order valence-corrected chi connectivity index (χ3v) is 4.53. The summed E-state index contributed by atoms with van der Waals surface area (Å²) in [5.74, 6) is -0.0283. The van der Waals surface area contributed by atoms with Gasteiger partial charge in [0.2, 0.25) is 0 Å². The molecule has 0 N–H and O–H groups in total. The maximum absolute atomic E-state index is 12.2.